The maximum absolute atomic E-state index is 2.32. The molecule has 0 radical (unpaired) electrons. The van der Waals surface area contributed by atoms with E-state index in [9.17, 15) is 0 Å². The van der Waals surface area contributed by atoms with Gasteiger partial charge in [-0.05, 0) is 30.9 Å². The van der Waals surface area contributed by atoms with Crippen LogP contribution in [0.3, 0.4) is 0 Å². The van der Waals surface area contributed by atoms with Crippen LogP contribution in [0.1, 0.15) is 58.8 Å². The van der Waals surface area contributed by atoms with Gasteiger partial charge in [0.25, 0.3) is 0 Å². The van der Waals surface area contributed by atoms with Gasteiger partial charge in [0.2, 0.25) is 6.33 Å². The average Bonchev–Trinajstić information content (AvgIpc) is 2.99. The number of hydrogen-bond donors (Lipinski definition) is 0. The zero-order chi connectivity index (χ0) is 15.6. The zero-order valence-electron chi connectivity index (χ0n) is 14.2. The topological polar surface area (TPSA) is 8.81 Å². The number of para-hydroxylation sites is 1. The lowest BCUT2D eigenvalue weighted by Crippen LogP contribution is -2.30. The van der Waals surface area contributed by atoms with Crippen molar-refractivity contribution in [2.75, 3.05) is 0 Å². The molecule has 0 aliphatic carbocycles. The number of imidazole rings is 1. The highest BCUT2D eigenvalue weighted by atomic mass is 15.1. The Morgan fingerprint density at radius 3 is 2.32 bits per heavy atom. The summed E-state index contributed by atoms with van der Waals surface area (Å²) in [5.74, 6) is 0.866. The van der Waals surface area contributed by atoms with Crippen LogP contribution in [0.5, 0.6) is 0 Å². The first-order chi connectivity index (χ1) is 10.8. The van der Waals surface area contributed by atoms with E-state index >= 15 is 0 Å². The van der Waals surface area contributed by atoms with Gasteiger partial charge < -0.3 is 0 Å². The lowest BCUT2D eigenvalue weighted by atomic mass is 10.0. The maximum atomic E-state index is 2.32. The van der Waals surface area contributed by atoms with E-state index < -0.39 is 0 Å². The van der Waals surface area contributed by atoms with Gasteiger partial charge in [-0.2, -0.15) is 0 Å². The predicted octanol–water partition coefficient (Wildman–Crippen LogP) is 5.15. The van der Waals surface area contributed by atoms with Crippen LogP contribution in [0.4, 0.5) is 0 Å². The second-order valence-electron chi connectivity index (χ2n) is 6.70. The third-order valence-corrected chi connectivity index (χ3v) is 4.19. The second kappa shape index (κ2) is 9.45. The molecule has 22 heavy (non-hydrogen) atoms. The van der Waals surface area contributed by atoms with Crippen LogP contribution >= 0.6 is 0 Å². The molecule has 0 saturated heterocycles. The van der Waals surface area contributed by atoms with Gasteiger partial charge in [0.05, 0.1) is 6.54 Å². The van der Waals surface area contributed by atoms with Gasteiger partial charge in [-0.15, -0.1) is 0 Å². The Kier molecular flexibility index (Phi) is 7.21. The summed E-state index contributed by atoms with van der Waals surface area (Å²) in [6, 6.07) is 10.5. The third-order valence-electron chi connectivity index (χ3n) is 4.19. The van der Waals surface area contributed by atoms with Crippen molar-refractivity contribution in [3.63, 3.8) is 0 Å². The number of nitrogens with zero attached hydrogens (tertiary/aromatic N) is 2. The van der Waals surface area contributed by atoms with Gasteiger partial charge in [-0.1, -0.05) is 64.2 Å². The Morgan fingerprint density at radius 2 is 1.59 bits per heavy atom. The van der Waals surface area contributed by atoms with Crippen molar-refractivity contribution >= 4 is 0 Å². The number of rotatable bonds is 10. The van der Waals surface area contributed by atoms with E-state index in [1.165, 1.54) is 50.6 Å². The molecule has 1 aromatic carbocycles. The first-order valence-corrected chi connectivity index (χ1v) is 8.88. The highest BCUT2D eigenvalue weighted by Gasteiger charge is 2.05. The highest BCUT2D eigenvalue weighted by molar-refractivity contribution is 5.30. The third kappa shape index (κ3) is 6.05. The molecule has 0 saturated carbocycles. The van der Waals surface area contributed by atoms with E-state index in [1.807, 2.05) is 0 Å². The molecule has 0 aliphatic rings. The van der Waals surface area contributed by atoms with E-state index in [0.717, 1.165) is 12.5 Å². The molecule has 120 valence electrons. The van der Waals surface area contributed by atoms with Gasteiger partial charge in [-0.25, -0.2) is 9.13 Å². The average molecular weight is 299 g/mol. The van der Waals surface area contributed by atoms with Crippen molar-refractivity contribution in [2.24, 2.45) is 5.92 Å². The summed E-state index contributed by atoms with van der Waals surface area (Å²) in [5.41, 5.74) is 1.23. The number of aryl methyl sites for hydroxylation is 1. The molecule has 2 nitrogen and oxygen atoms in total. The van der Waals surface area contributed by atoms with Gasteiger partial charge in [-0.3, -0.25) is 0 Å². The summed E-state index contributed by atoms with van der Waals surface area (Å²) in [6.07, 6.45) is 16.2. The predicted molar refractivity (Wildman–Crippen MR) is 93.1 cm³/mol. The first-order valence-electron chi connectivity index (χ1n) is 8.88. The number of unbranched alkanes of at least 4 members (excludes halogenated alkanes) is 5. The van der Waals surface area contributed by atoms with E-state index in [1.54, 1.807) is 0 Å². The molecule has 0 N–H and O–H groups in total. The quantitative estimate of drug-likeness (QED) is 0.424. The normalized spacial score (nSPS) is 11.2. The lowest BCUT2D eigenvalue weighted by molar-refractivity contribution is -0.696. The molecule has 2 heteroatoms. The fraction of sp³-hybridized carbons (Fsp3) is 0.550. The number of hydrogen-bond acceptors (Lipinski definition) is 0. The standard InChI is InChI=1S/C20H31N2/c1-19(2)12-8-5-3-4-6-11-15-21-16-17-22(18-21)20-13-9-7-10-14-20/h7,9-10,13-14,16-19H,3-6,8,11-12,15H2,1-2H3/q+1. The van der Waals surface area contributed by atoms with Crippen LogP contribution < -0.4 is 4.57 Å². The maximum Gasteiger partial charge on any atom is 0.248 e. The Labute approximate surface area is 135 Å². The first kappa shape index (κ1) is 16.8. The summed E-state index contributed by atoms with van der Waals surface area (Å²) in [4.78, 5) is 0. The summed E-state index contributed by atoms with van der Waals surface area (Å²) in [6.45, 7) is 5.77. The molecule has 0 atom stereocenters. The Balaban J connectivity index is 1.59. The van der Waals surface area contributed by atoms with Crippen molar-refractivity contribution in [3.05, 3.63) is 49.1 Å². The van der Waals surface area contributed by atoms with Crippen LogP contribution in [-0.2, 0) is 6.54 Å². The molecule has 0 fully saturated rings. The molecule has 2 aromatic rings. The Bertz CT molecular complexity index is 514. The van der Waals surface area contributed by atoms with E-state index in [-0.39, 0.29) is 0 Å². The van der Waals surface area contributed by atoms with E-state index in [2.05, 4.69) is 72.0 Å². The SMILES string of the molecule is CC(C)CCCCCCCC[n+]1ccn(-c2ccccc2)c1. The van der Waals surface area contributed by atoms with Crippen molar-refractivity contribution in [2.45, 2.75) is 65.3 Å². The molecule has 0 bridgehead atoms. The summed E-state index contributed by atoms with van der Waals surface area (Å²) < 4.78 is 4.48. The lowest BCUT2D eigenvalue weighted by Gasteiger charge is -2.04. The Morgan fingerprint density at radius 1 is 0.909 bits per heavy atom. The summed E-state index contributed by atoms with van der Waals surface area (Å²) in [7, 11) is 0. The Hall–Kier alpha value is -1.57. The van der Waals surface area contributed by atoms with Crippen LogP contribution in [0, 0.1) is 5.92 Å². The van der Waals surface area contributed by atoms with Crippen molar-refractivity contribution in [1.82, 2.24) is 4.57 Å². The smallest absolute Gasteiger partial charge is 0.236 e. The molecular formula is C20H31N2+. The van der Waals surface area contributed by atoms with Gasteiger partial charge in [0, 0.05) is 0 Å². The van der Waals surface area contributed by atoms with Gasteiger partial charge >= 0.3 is 0 Å². The highest BCUT2D eigenvalue weighted by Crippen LogP contribution is 2.11. The fourth-order valence-corrected chi connectivity index (χ4v) is 2.83. The van der Waals surface area contributed by atoms with Gasteiger partial charge in [0.1, 0.15) is 18.1 Å². The number of benzene rings is 1. The van der Waals surface area contributed by atoms with E-state index in [0.29, 0.717) is 0 Å². The van der Waals surface area contributed by atoms with E-state index in [4.69, 9.17) is 0 Å². The zero-order valence-corrected chi connectivity index (χ0v) is 14.2. The molecule has 0 amide bonds. The largest absolute Gasteiger partial charge is 0.248 e. The molecule has 0 aliphatic heterocycles. The molecule has 2 rings (SSSR count). The summed E-state index contributed by atoms with van der Waals surface area (Å²) in [5, 5.41) is 0. The molecular weight excluding hydrogens is 268 g/mol. The summed E-state index contributed by atoms with van der Waals surface area (Å²) >= 11 is 0. The minimum absolute atomic E-state index is 0.866. The second-order valence-corrected chi connectivity index (χ2v) is 6.70. The van der Waals surface area contributed by atoms with Crippen LogP contribution in [0.2, 0.25) is 0 Å². The fourth-order valence-electron chi connectivity index (χ4n) is 2.83. The monoisotopic (exact) mass is 299 g/mol. The van der Waals surface area contributed by atoms with Crippen molar-refractivity contribution < 1.29 is 4.57 Å². The molecule has 0 spiro atoms. The minimum Gasteiger partial charge on any atom is -0.236 e. The number of aromatic nitrogens is 2. The molecule has 1 heterocycles. The van der Waals surface area contributed by atoms with Crippen LogP contribution in [0.15, 0.2) is 49.1 Å². The van der Waals surface area contributed by atoms with Crippen LogP contribution in [0.25, 0.3) is 5.69 Å². The van der Waals surface area contributed by atoms with Crippen molar-refractivity contribution in [1.29, 1.82) is 0 Å². The van der Waals surface area contributed by atoms with Crippen molar-refractivity contribution in [3.8, 4) is 5.69 Å². The van der Waals surface area contributed by atoms with Crippen LogP contribution in [-0.4, -0.2) is 4.57 Å². The molecule has 0 unspecified atom stereocenters. The molecule has 1 aromatic heterocycles. The van der Waals surface area contributed by atoms with Gasteiger partial charge in [0.15, 0.2) is 0 Å². The minimum atomic E-state index is 0.866.